The van der Waals surface area contributed by atoms with Gasteiger partial charge in [-0.1, -0.05) is 6.42 Å². The quantitative estimate of drug-likeness (QED) is 0.895. The molecule has 25 heavy (non-hydrogen) atoms. The van der Waals surface area contributed by atoms with E-state index in [9.17, 15) is 5.11 Å². The van der Waals surface area contributed by atoms with Crippen LogP contribution in [0.3, 0.4) is 0 Å². The molecule has 138 valence electrons. The lowest BCUT2D eigenvalue weighted by Gasteiger charge is -2.33. The van der Waals surface area contributed by atoms with Crippen LogP contribution < -0.4 is 9.80 Å². The second kappa shape index (κ2) is 7.08. The number of piperidine rings is 1. The number of rotatable bonds is 3. The van der Waals surface area contributed by atoms with E-state index in [2.05, 4.69) is 9.80 Å². The van der Waals surface area contributed by atoms with E-state index in [1.165, 1.54) is 43.4 Å². The molecular weight excluding hydrogens is 314 g/mol. The monoisotopic (exact) mass is 345 g/mol. The van der Waals surface area contributed by atoms with Crippen LogP contribution in [0.5, 0.6) is 0 Å². The van der Waals surface area contributed by atoms with Gasteiger partial charge in [-0.3, -0.25) is 4.90 Å². The maximum absolute atomic E-state index is 10.7. The summed E-state index contributed by atoms with van der Waals surface area (Å²) >= 11 is 0. The van der Waals surface area contributed by atoms with E-state index in [0.717, 1.165) is 44.2 Å². The molecule has 6 heteroatoms. The molecule has 1 N–H and O–H groups in total. The predicted octanol–water partition coefficient (Wildman–Crippen LogP) is 1.46. The summed E-state index contributed by atoms with van der Waals surface area (Å²) in [5.41, 5.74) is 2.54. The fourth-order valence-corrected chi connectivity index (χ4v) is 4.57. The van der Waals surface area contributed by atoms with Crippen molar-refractivity contribution in [2.45, 2.75) is 57.1 Å². The average Bonchev–Trinajstić information content (AvgIpc) is 3.03. The SMILES string of the molecule is CN(C)c1nc2c(c(N3C[C@H](O)[C@@H](N4CCCCC4)C3)n1)CCCC2. The van der Waals surface area contributed by atoms with Crippen LogP contribution in [0.1, 0.15) is 43.4 Å². The van der Waals surface area contributed by atoms with Crippen LogP contribution in [-0.2, 0) is 12.8 Å². The molecule has 0 amide bonds. The Balaban J connectivity index is 1.61. The topological polar surface area (TPSA) is 55.7 Å². The number of β-amino-alcohol motifs (C(OH)–C–C–N with tert-alkyl or cyclic N) is 1. The molecule has 0 unspecified atom stereocenters. The molecular formula is C19H31N5O. The van der Waals surface area contributed by atoms with E-state index in [-0.39, 0.29) is 12.1 Å². The Labute approximate surface area is 150 Å². The number of hydrogen-bond donors (Lipinski definition) is 1. The first-order chi connectivity index (χ1) is 12.1. The second-order valence-electron chi connectivity index (χ2n) is 8.01. The summed E-state index contributed by atoms with van der Waals surface area (Å²) in [6.45, 7) is 3.83. The van der Waals surface area contributed by atoms with Gasteiger partial charge in [-0.15, -0.1) is 0 Å². The average molecular weight is 345 g/mol. The molecule has 2 atom stereocenters. The maximum atomic E-state index is 10.7. The highest BCUT2D eigenvalue weighted by molar-refractivity contribution is 5.55. The van der Waals surface area contributed by atoms with Gasteiger partial charge in [0, 0.05) is 32.7 Å². The zero-order valence-corrected chi connectivity index (χ0v) is 15.6. The molecule has 2 saturated heterocycles. The summed E-state index contributed by atoms with van der Waals surface area (Å²) in [5, 5.41) is 10.7. The highest BCUT2D eigenvalue weighted by Crippen LogP contribution is 2.33. The minimum Gasteiger partial charge on any atom is -0.390 e. The smallest absolute Gasteiger partial charge is 0.227 e. The lowest BCUT2D eigenvalue weighted by atomic mass is 9.96. The molecule has 0 bridgehead atoms. The Morgan fingerprint density at radius 3 is 2.48 bits per heavy atom. The maximum Gasteiger partial charge on any atom is 0.227 e. The van der Waals surface area contributed by atoms with Crippen molar-refractivity contribution in [2.75, 3.05) is 50.1 Å². The van der Waals surface area contributed by atoms with Crippen LogP contribution in [0, 0.1) is 0 Å². The van der Waals surface area contributed by atoms with Crippen molar-refractivity contribution in [2.24, 2.45) is 0 Å². The molecule has 6 nitrogen and oxygen atoms in total. The Kier molecular flexibility index (Phi) is 4.82. The number of nitrogens with zero attached hydrogens (tertiary/aromatic N) is 5. The van der Waals surface area contributed by atoms with Gasteiger partial charge in [0.1, 0.15) is 5.82 Å². The molecule has 0 aromatic carbocycles. The van der Waals surface area contributed by atoms with Crippen molar-refractivity contribution in [1.82, 2.24) is 14.9 Å². The molecule has 2 aliphatic heterocycles. The predicted molar refractivity (Wildman–Crippen MR) is 100 cm³/mol. The molecule has 0 saturated carbocycles. The Bertz CT molecular complexity index is 614. The van der Waals surface area contributed by atoms with Gasteiger partial charge in [0.05, 0.1) is 17.8 Å². The minimum atomic E-state index is -0.282. The van der Waals surface area contributed by atoms with Gasteiger partial charge >= 0.3 is 0 Å². The molecule has 0 spiro atoms. The lowest BCUT2D eigenvalue weighted by Crippen LogP contribution is -2.45. The van der Waals surface area contributed by atoms with Gasteiger partial charge in [-0.25, -0.2) is 4.98 Å². The van der Waals surface area contributed by atoms with E-state index in [1.807, 2.05) is 19.0 Å². The van der Waals surface area contributed by atoms with E-state index in [0.29, 0.717) is 6.54 Å². The number of fused-ring (bicyclic) bond motifs is 1. The van der Waals surface area contributed by atoms with Crippen molar-refractivity contribution in [3.63, 3.8) is 0 Å². The Morgan fingerprint density at radius 2 is 1.72 bits per heavy atom. The highest BCUT2D eigenvalue weighted by atomic mass is 16.3. The molecule has 0 radical (unpaired) electrons. The first kappa shape index (κ1) is 17.0. The van der Waals surface area contributed by atoms with Gasteiger partial charge in [0.2, 0.25) is 5.95 Å². The number of aliphatic hydroxyl groups excluding tert-OH is 1. The fraction of sp³-hybridized carbons (Fsp3) is 0.789. The third kappa shape index (κ3) is 3.34. The van der Waals surface area contributed by atoms with Crippen molar-refractivity contribution >= 4 is 11.8 Å². The molecule has 1 aromatic heterocycles. The number of aliphatic hydroxyl groups is 1. The molecule has 3 aliphatic rings. The van der Waals surface area contributed by atoms with E-state index >= 15 is 0 Å². The Hall–Kier alpha value is -1.40. The first-order valence-corrected chi connectivity index (χ1v) is 9.87. The van der Waals surface area contributed by atoms with Crippen molar-refractivity contribution < 1.29 is 5.11 Å². The lowest BCUT2D eigenvalue weighted by molar-refractivity contribution is 0.0706. The summed E-state index contributed by atoms with van der Waals surface area (Å²) in [4.78, 5) is 16.5. The highest BCUT2D eigenvalue weighted by Gasteiger charge is 2.38. The Morgan fingerprint density at radius 1 is 0.960 bits per heavy atom. The summed E-state index contributed by atoms with van der Waals surface area (Å²) in [6, 6.07) is 0.248. The third-order valence-electron chi connectivity index (χ3n) is 5.97. The number of aryl methyl sites for hydroxylation is 1. The molecule has 4 rings (SSSR count). The van der Waals surface area contributed by atoms with Crippen molar-refractivity contribution in [3.8, 4) is 0 Å². The zero-order chi connectivity index (χ0) is 17.4. The van der Waals surface area contributed by atoms with Gasteiger partial charge in [0.25, 0.3) is 0 Å². The van der Waals surface area contributed by atoms with Crippen LogP contribution in [0.2, 0.25) is 0 Å². The molecule has 2 fully saturated rings. The second-order valence-corrected chi connectivity index (χ2v) is 8.01. The fourth-order valence-electron chi connectivity index (χ4n) is 4.57. The normalized spacial score (nSPS) is 27.4. The number of likely N-dealkylation sites (tertiary alicyclic amines) is 1. The van der Waals surface area contributed by atoms with Gasteiger partial charge < -0.3 is 14.9 Å². The molecule has 3 heterocycles. The van der Waals surface area contributed by atoms with Gasteiger partial charge in [-0.2, -0.15) is 4.98 Å². The zero-order valence-electron chi connectivity index (χ0n) is 15.6. The van der Waals surface area contributed by atoms with E-state index < -0.39 is 0 Å². The van der Waals surface area contributed by atoms with Crippen LogP contribution in [-0.4, -0.2) is 72.4 Å². The van der Waals surface area contributed by atoms with Gasteiger partial charge in [-0.05, 0) is 51.6 Å². The van der Waals surface area contributed by atoms with Crippen LogP contribution in [0.4, 0.5) is 11.8 Å². The summed E-state index contributed by atoms with van der Waals surface area (Å²) in [5.74, 6) is 1.87. The van der Waals surface area contributed by atoms with Gasteiger partial charge in [0.15, 0.2) is 0 Å². The summed E-state index contributed by atoms with van der Waals surface area (Å²) in [6.07, 6.45) is 8.13. The largest absolute Gasteiger partial charge is 0.390 e. The van der Waals surface area contributed by atoms with E-state index in [4.69, 9.17) is 9.97 Å². The molecule has 1 aromatic rings. The first-order valence-electron chi connectivity index (χ1n) is 9.87. The minimum absolute atomic E-state index is 0.248. The summed E-state index contributed by atoms with van der Waals surface area (Å²) < 4.78 is 0. The van der Waals surface area contributed by atoms with E-state index in [1.54, 1.807) is 0 Å². The molecule has 1 aliphatic carbocycles. The number of aromatic nitrogens is 2. The van der Waals surface area contributed by atoms with Crippen molar-refractivity contribution in [3.05, 3.63) is 11.3 Å². The third-order valence-corrected chi connectivity index (χ3v) is 5.97. The van der Waals surface area contributed by atoms with Crippen molar-refractivity contribution in [1.29, 1.82) is 0 Å². The van der Waals surface area contributed by atoms with Crippen LogP contribution in [0.15, 0.2) is 0 Å². The van der Waals surface area contributed by atoms with Crippen LogP contribution >= 0.6 is 0 Å². The number of anilines is 2. The summed E-state index contributed by atoms with van der Waals surface area (Å²) in [7, 11) is 4.01. The van der Waals surface area contributed by atoms with Crippen LogP contribution in [0.25, 0.3) is 0 Å². The standard InChI is InChI=1S/C19H31N5O/c1-22(2)19-20-15-9-5-4-8-14(15)18(21-19)24-12-16(17(25)13-24)23-10-6-3-7-11-23/h16-17,25H,3-13H2,1-2H3/t16-,17-/m0/s1. The number of hydrogen-bond acceptors (Lipinski definition) is 6.